The topological polar surface area (TPSA) is 72.8 Å². The van der Waals surface area contributed by atoms with Crippen LogP contribution in [-0.4, -0.2) is 54.8 Å². The van der Waals surface area contributed by atoms with E-state index in [1.54, 1.807) is 6.07 Å². The minimum Gasteiger partial charge on any atom is -0.494 e. The number of hydrogen-bond acceptors (Lipinski definition) is 6. The molecule has 1 N–H and O–H groups in total. The summed E-state index contributed by atoms with van der Waals surface area (Å²) in [7, 11) is 0. The maximum Gasteiger partial charge on any atom is 0.313 e. The molecule has 7 nitrogen and oxygen atoms in total. The first-order chi connectivity index (χ1) is 14.9. The number of nitrogens with one attached hydrogen (secondary N) is 1. The van der Waals surface area contributed by atoms with E-state index in [2.05, 4.69) is 10.2 Å². The largest absolute Gasteiger partial charge is 0.494 e. The van der Waals surface area contributed by atoms with Crippen molar-refractivity contribution in [3.63, 3.8) is 0 Å². The molecule has 170 valence electrons. The van der Waals surface area contributed by atoms with Crippen LogP contribution in [0.5, 0.6) is 5.75 Å². The van der Waals surface area contributed by atoms with E-state index in [0.29, 0.717) is 24.3 Å². The van der Waals surface area contributed by atoms with Gasteiger partial charge in [-0.3, -0.25) is 14.2 Å². The first-order valence-electron chi connectivity index (χ1n) is 11.3. The molecule has 0 unspecified atom stereocenters. The van der Waals surface area contributed by atoms with Gasteiger partial charge in [-0.25, -0.2) is 0 Å². The minimum atomic E-state index is -0.576. The summed E-state index contributed by atoms with van der Waals surface area (Å²) in [6.07, 6.45) is 2.75. The zero-order valence-electron chi connectivity index (χ0n) is 19.0. The minimum absolute atomic E-state index is 0.105. The molecule has 2 aromatic rings. The number of carbonyl (C=O) groups is 1. The van der Waals surface area contributed by atoms with Gasteiger partial charge >= 0.3 is 5.97 Å². The Hall–Kier alpha value is -2.38. The van der Waals surface area contributed by atoms with Crippen LogP contribution in [0, 0.1) is 5.41 Å². The van der Waals surface area contributed by atoms with Gasteiger partial charge < -0.3 is 19.7 Å². The summed E-state index contributed by atoms with van der Waals surface area (Å²) in [5, 5.41) is 4.27. The van der Waals surface area contributed by atoms with E-state index in [4.69, 9.17) is 9.47 Å². The molecule has 31 heavy (non-hydrogen) atoms. The predicted molar refractivity (Wildman–Crippen MR) is 122 cm³/mol. The molecule has 0 amide bonds. The number of aromatic nitrogens is 1. The highest BCUT2D eigenvalue weighted by atomic mass is 16.5. The number of carbonyl (C=O) groups excluding carboxylic acids is 1. The van der Waals surface area contributed by atoms with Gasteiger partial charge in [-0.1, -0.05) is 6.92 Å². The number of hydrogen-bond donors (Lipinski definition) is 1. The number of ether oxygens (including phenoxy) is 2. The van der Waals surface area contributed by atoms with E-state index in [0.717, 1.165) is 51.0 Å². The number of piperazine rings is 1. The Labute approximate surface area is 184 Å². The van der Waals surface area contributed by atoms with Crippen LogP contribution in [0.2, 0.25) is 0 Å². The van der Waals surface area contributed by atoms with Crippen LogP contribution in [0.4, 0.5) is 0 Å². The number of pyridine rings is 1. The third-order valence-corrected chi connectivity index (χ3v) is 6.07. The second-order valence-electron chi connectivity index (χ2n) is 8.77. The summed E-state index contributed by atoms with van der Waals surface area (Å²) < 4.78 is 12.9. The fourth-order valence-corrected chi connectivity index (χ4v) is 3.52. The molecule has 0 spiro atoms. The van der Waals surface area contributed by atoms with Crippen molar-refractivity contribution in [2.45, 2.75) is 46.8 Å². The van der Waals surface area contributed by atoms with Crippen molar-refractivity contribution in [1.29, 1.82) is 0 Å². The molecule has 1 fully saturated rings. The Morgan fingerprint density at radius 3 is 2.61 bits per heavy atom. The average molecular weight is 430 g/mol. The highest BCUT2D eigenvalue weighted by Crippen LogP contribution is 2.23. The summed E-state index contributed by atoms with van der Waals surface area (Å²) in [6.45, 7) is 11.6. The number of unbranched alkanes of at least 4 members (excludes halogenated alkanes) is 1. The highest BCUT2D eigenvalue weighted by Gasteiger charge is 2.27. The summed E-state index contributed by atoms with van der Waals surface area (Å²) in [6, 6.07) is 8.98. The van der Waals surface area contributed by atoms with Crippen molar-refractivity contribution >= 4 is 16.9 Å². The smallest absolute Gasteiger partial charge is 0.313 e. The van der Waals surface area contributed by atoms with Crippen LogP contribution in [0.25, 0.3) is 10.9 Å². The second kappa shape index (κ2) is 10.8. The normalized spacial score (nSPS) is 15.2. The Bertz CT molecular complexity index is 932. The zero-order chi connectivity index (χ0) is 22.3. The Kier molecular flexibility index (Phi) is 8.09. The SMILES string of the molecule is CCC(C)(C)C(=O)OCn1c(=O)ccc2ccc(OCCCCN3CCNCC3)cc21. The van der Waals surface area contributed by atoms with Crippen LogP contribution in [0.15, 0.2) is 35.1 Å². The van der Waals surface area contributed by atoms with E-state index in [9.17, 15) is 9.59 Å². The summed E-state index contributed by atoms with van der Waals surface area (Å²) in [5.41, 5.74) is -0.0802. The lowest BCUT2D eigenvalue weighted by atomic mass is 9.91. The molecule has 0 saturated carbocycles. The van der Waals surface area contributed by atoms with E-state index < -0.39 is 5.41 Å². The molecule has 1 saturated heterocycles. The average Bonchev–Trinajstić information content (AvgIpc) is 2.78. The highest BCUT2D eigenvalue weighted by molar-refractivity contribution is 5.80. The molecular formula is C24H35N3O4. The molecular weight excluding hydrogens is 394 g/mol. The van der Waals surface area contributed by atoms with Crippen LogP contribution >= 0.6 is 0 Å². The Balaban J connectivity index is 1.60. The number of fused-ring (bicyclic) bond motifs is 1. The third-order valence-electron chi connectivity index (χ3n) is 6.07. The maximum absolute atomic E-state index is 12.4. The lowest BCUT2D eigenvalue weighted by Crippen LogP contribution is -2.43. The van der Waals surface area contributed by atoms with Gasteiger partial charge in [0.15, 0.2) is 6.73 Å². The maximum atomic E-state index is 12.4. The van der Waals surface area contributed by atoms with Crippen LogP contribution in [0.1, 0.15) is 40.0 Å². The first-order valence-corrected chi connectivity index (χ1v) is 11.3. The summed E-state index contributed by atoms with van der Waals surface area (Å²) in [4.78, 5) is 27.3. The van der Waals surface area contributed by atoms with Crippen molar-refractivity contribution in [3.8, 4) is 5.75 Å². The number of nitrogens with zero attached hydrogens (tertiary/aromatic N) is 2. The molecule has 0 atom stereocenters. The van der Waals surface area contributed by atoms with Crippen molar-refractivity contribution in [3.05, 3.63) is 40.7 Å². The van der Waals surface area contributed by atoms with Crippen LogP contribution in [0.3, 0.4) is 0 Å². The van der Waals surface area contributed by atoms with Gasteiger partial charge in [-0.2, -0.15) is 0 Å². The quantitative estimate of drug-likeness (QED) is 0.462. The van der Waals surface area contributed by atoms with Crippen molar-refractivity contribution < 1.29 is 14.3 Å². The van der Waals surface area contributed by atoms with Gasteiger partial charge in [0.1, 0.15) is 5.75 Å². The lowest BCUT2D eigenvalue weighted by molar-refractivity contribution is -0.158. The van der Waals surface area contributed by atoms with E-state index in [1.165, 1.54) is 10.6 Å². The van der Waals surface area contributed by atoms with Gasteiger partial charge in [0, 0.05) is 38.3 Å². The van der Waals surface area contributed by atoms with Gasteiger partial charge in [-0.15, -0.1) is 0 Å². The van der Waals surface area contributed by atoms with Crippen molar-refractivity contribution in [2.75, 3.05) is 39.3 Å². The summed E-state index contributed by atoms with van der Waals surface area (Å²) >= 11 is 0. The number of benzene rings is 1. The molecule has 0 bridgehead atoms. The van der Waals surface area contributed by atoms with Crippen LogP contribution < -0.4 is 15.6 Å². The molecule has 0 radical (unpaired) electrons. The monoisotopic (exact) mass is 429 g/mol. The van der Waals surface area contributed by atoms with E-state index in [1.807, 2.05) is 39.0 Å². The molecule has 1 aromatic carbocycles. The molecule has 7 heteroatoms. The third kappa shape index (κ3) is 6.31. The number of rotatable bonds is 10. The molecule has 1 aliphatic rings. The molecule has 2 heterocycles. The lowest BCUT2D eigenvalue weighted by Gasteiger charge is -2.27. The van der Waals surface area contributed by atoms with Gasteiger partial charge in [0.05, 0.1) is 17.5 Å². The second-order valence-corrected chi connectivity index (χ2v) is 8.77. The zero-order valence-corrected chi connectivity index (χ0v) is 19.0. The van der Waals surface area contributed by atoms with Gasteiger partial charge in [0.25, 0.3) is 5.56 Å². The first kappa shape index (κ1) is 23.3. The standard InChI is InChI=1S/C24H35N3O4/c1-4-24(2,3)23(29)31-18-27-21-17-20(9-7-19(21)8-10-22(27)28)30-16-6-5-13-26-14-11-25-12-15-26/h7-10,17,25H,4-6,11-16,18H2,1-3H3. The van der Waals surface area contributed by atoms with Crippen LogP contribution in [-0.2, 0) is 16.3 Å². The van der Waals surface area contributed by atoms with Crippen molar-refractivity contribution in [2.24, 2.45) is 5.41 Å². The molecule has 1 aromatic heterocycles. The van der Waals surface area contributed by atoms with Gasteiger partial charge in [0.2, 0.25) is 0 Å². The molecule has 1 aliphatic heterocycles. The summed E-state index contributed by atoms with van der Waals surface area (Å²) in [5.74, 6) is 0.407. The van der Waals surface area contributed by atoms with Gasteiger partial charge in [-0.05, 0) is 63.2 Å². The molecule has 3 rings (SSSR count). The Morgan fingerprint density at radius 2 is 1.87 bits per heavy atom. The molecule has 0 aliphatic carbocycles. The Morgan fingerprint density at radius 1 is 1.13 bits per heavy atom. The fourth-order valence-electron chi connectivity index (χ4n) is 3.52. The van der Waals surface area contributed by atoms with E-state index >= 15 is 0 Å². The van der Waals surface area contributed by atoms with Crippen molar-refractivity contribution in [1.82, 2.24) is 14.8 Å². The van der Waals surface area contributed by atoms with E-state index in [-0.39, 0.29) is 18.3 Å². The fraction of sp³-hybridized carbons (Fsp3) is 0.583. The predicted octanol–water partition coefficient (Wildman–Crippen LogP) is 3.00. The number of esters is 1.